The molecule has 0 bridgehead atoms. The second kappa shape index (κ2) is 8.72. The van der Waals surface area contributed by atoms with Crippen molar-refractivity contribution in [2.24, 2.45) is 5.92 Å². The predicted molar refractivity (Wildman–Crippen MR) is 98.3 cm³/mol. The van der Waals surface area contributed by atoms with Gasteiger partial charge in [0.25, 0.3) is 0 Å². The number of carbonyl (C=O) groups is 1. The molecule has 2 rings (SSSR count). The summed E-state index contributed by atoms with van der Waals surface area (Å²) in [6.45, 7) is 8.22. The van der Waals surface area contributed by atoms with Crippen LogP contribution in [0.2, 0.25) is 0 Å². The van der Waals surface area contributed by atoms with Crippen molar-refractivity contribution in [2.75, 3.05) is 19.7 Å². The summed E-state index contributed by atoms with van der Waals surface area (Å²) in [7, 11) is 0. The van der Waals surface area contributed by atoms with Crippen LogP contribution < -0.4 is 15.4 Å². The lowest BCUT2D eigenvalue weighted by Crippen LogP contribution is -2.34. The van der Waals surface area contributed by atoms with E-state index in [4.69, 9.17) is 9.47 Å². The molecule has 1 aliphatic carbocycles. The molecule has 1 aromatic carbocycles. The van der Waals surface area contributed by atoms with Crippen LogP contribution in [0.3, 0.4) is 0 Å². The van der Waals surface area contributed by atoms with E-state index >= 15 is 0 Å². The van der Waals surface area contributed by atoms with Crippen molar-refractivity contribution in [1.82, 2.24) is 10.6 Å². The van der Waals surface area contributed by atoms with Crippen LogP contribution in [0.1, 0.15) is 39.2 Å². The number of halogens is 1. The van der Waals surface area contributed by atoms with Gasteiger partial charge in [0.2, 0.25) is 0 Å². The van der Waals surface area contributed by atoms with Crippen LogP contribution in [0.15, 0.2) is 22.7 Å². The average Bonchev–Trinajstić information content (AvgIpc) is 3.25. The summed E-state index contributed by atoms with van der Waals surface area (Å²) in [5.74, 6) is 1.66. The minimum absolute atomic E-state index is 0.393. The minimum atomic E-state index is -0.488. The van der Waals surface area contributed by atoms with Crippen molar-refractivity contribution >= 4 is 22.0 Å². The molecular weight excluding hydrogens is 372 g/mol. The van der Waals surface area contributed by atoms with Gasteiger partial charge in [-0.15, -0.1) is 0 Å². The molecule has 1 saturated carbocycles. The molecule has 0 heterocycles. The van der Waals surface area contributed by atoms with Crippen molar-refractivity contribution in [3.63, 3.8) is 0 Å². The topological polar surface area (TPSA) is 59.6 Å². The molecule has 5 nitrogen and oxygen atoms in total. The van der Waals surface area contributed by atoms with E-state index in [2.05, 4.69) is 32.6 Å². The zero-order valence-electron chi connectivity index (χ0n) is 14.7. The second-order valence-electron chi connectivity index (χ2n) is 7.15. The maximum Gasteiger partial charge on any atom is 0.407 e. The Morgan fingerprint density at radius 1 is 1.29 bits per heavy atom. The van der Waals surface area contributed by atoms with E-state index in [1.165, 1.54) is 18.4 Å². The molecule has 1 amide bonds. The first kappa shape index (κ1) is 19.1. The lowest BCUT2D eigenvalue weighted by Gasteiger charge is -2.19. The Balaban J connectivity index is 1.71. The van der Waals surface area contributed by atoms with Gasteiger partial charge in [-0.2, -0.15) is 0 Å². The third-order valence-electron chi connectivity index (χ3n) is 3.43. The molecule has 1 aromatic rings. The maximum absolute atomic E-state index is 11.6. The number of nitrogens with one attached hydrogen (secondary N) is 2. The summed E-state index contributed by atoms with van der Waals surface area (Å²) in [4.78, 5) is 11.6. The predicted octanol–water partition coefficient (Wildman–Crippen LogP) is 3.85. The smallest absolute Gasteiger partial charge is 0.407 e. The lowest BCUT2D eigenvalue weighted by molar-refractivity contribution is 0.0520. The van der Waals surface area contributed by atoms with E-state index in [1.807, 2.05) is 32.9 Å². The molecule has 1 aliphatic rings. The van der Waals surface area contributed by atoms with Gasteiger partial charge in [0.15, 0.2) is 0 Å². The van der Waals surface area contributed by atoms with Crippen molar-refractivity contribution in [3.8, 4) is 5.75 Å². The van der Waals surface area contributed by atoms with Crippen molar-refractivity contribution in [1.29, 1.82) is 0 Å². The van der Waals surface area contributed by atoms with Crippen LogP contribution >= 0.6 is 15.9 Å². The molecule has 0 aliphatic heterocycles. The fraction of sp³-hybridized carbons (Fsp3) is 0.611. The quantitative estimate of drug-likeness (QED) is 0.652. The number of amides is 1. The van der Waals surface area contributed by atoms with Gasteiger partial charge in [0.05, 0.1) is 6.54 Å². The summed E-state index contributed by atoms with van der Waals surface area (Å²) in [5, 5.41) is 6.15. The van der Waals surface area contributed by atoms with E-state index in [0.717, 1.165) is 29.2 Å². The van der Waals surface area contributed by atoms with Gasteiger partial charge in [-0.3, -0.25) is 0 Å². The summed E-state index contributed by atoms with van der Waals surface area (Å²) in [5.41, 5.74) is 0.692. The highest BCUT2D eigenvalue weighted by Crippen LogP contribution is 2.28. The zero-order chi connectivity index (χ0) is 17.6. The molecule has 0 saturated heterocycles. The van der Waals surface area contributed by atoms with Gasteiger partial charge in [-0.05, 0) is 69.8 Å². The molecule has 134 valence electrons. The largest absolute Gasteiger partial charge is 0.492 e. The number of rotatable bonds is 8. The van der Waals surface area contributed by atoms with Crippen LogP contribution in [-0.4, -0.2) is 31.4 Å². The van der Waals surface area contributed by atoms with Gasteiger partial charge in [0, 0.05) is 11.0 Å². The molecule has 0 unspecified atom stereocenters. The fourth-order valence-corrected chi connectivity index (χ4v) is 2.70. The fourth-order valence-electron chi connectivity index (χ4n) is 2.18. The molecule has 2 N–H and O–H groups in total. The normalized spacial score (nSPS) is 14.3. The van der Waals surface area contributed by atoms with Crippen LogP contribution in [-0.2, 0) is 11.3 Å². The number of ether oxygens (including phenoxy) is 2. The Morgan fingerprint density at radius 3 is 2.71 bits per heavy atom. The Kier molecular flexibility index (Phi) is 6.92. The number of hydrogen-bond donors (Lipinski definition) is 2. The number of alkyl carbamates (subject to hydrolysis) is 1. The highest BCUT2D eigenvalue weighted by atomic mass is 79.9. The third kappa shape index (κ3) is 8.02. The Labute approximate surface area is 152 Å². The Morgan fingerprint density at radius 2 is 2.04 bits per heavy atom. The van der Waals surface area contributed by atoms with Crippen LogP contribution in [0.5, 0.6) is 5.75 Å². The molecule has 0 aromatic heterocycles. The Hall–Kier alpha value is -1.27. The van der Waals surface area contributed by atoms with Crippen molar-refractivity contribution < 1.29 is 14.3 Å². The van der Waals surface area contributed by atoms with Crippen LogP contribution in [0, 0.1) is 5.92 Å². The van der Waals surface area contributed by atoms with E-state index in [9.17, 15) is 4.79 Å². The van der Waals surface area contributed by atoms with Crippen molar-refractivity contribution in [3.05, 3.63) is 28.2 Å². The van der Waals surface area contributed by atoms with Gasteiger partial charge >= 0.3 is 6.09 Å². The van der Waals surface area contributed by atoms with Crippen molar-refractivity contribution in [2.45, 2.75) is 45.8 Å². The van der Waals surface area contributed by atoms with Crippen LogP contribution in [0.25, 0.3) is 0 Å². The molecule has 0 atom stereocenters. The molecule has 0 radical (unpaired) electrons. The van der Waals surface area contributed by atoms with E-state index in [0.29, 0.717) is 13.2 Å². The standard InChI is InChI=1S/C18H27BrN2O3/c1-18(2,3)24-17(22)21-6-7-23-16-9-14(8-15(19)10-16)12-20-11-13-4-5-13/h8-10,13,20H,4-7,11-12H2,1-3H3,(H,21,22). The van der Waals surface area contributed by atoms with Gasteiger partial charge in [-0.1, -0.05) is 15.9 Å². The van der Waals surface area contributed by atoms with E-state index in [1.54, 1.807) is 0 Å². The minimum Gasteiger partial charge on any atom is -0.492 e. The first-order chi connectivity index (χ1) is 11.3. The van der Waals surface area contributed by atoms with E-state index in [-0.39, 0.29) is 0 Å². The van der Waals surface area contributed by atoms with Gasteiger partial charge in [-0.25, -0.2) is 4.79 Å². The summed E-state index contributed by atoms with van der Waals surface area (Å²) >= 11 is 3.51. The van der Waals surface area contributed by atoms with E-state index < -0.39 is 11.7 Å². The third-order valence-corrected chi connectivity index (χ3v) is 3.89. The molecule has 0 spiro atoms. The number of hydrogen-bond acceptors (Lipinski definition) is 4. The molecular formula is C18H27BrN2O3. The summed E-state index contributed by atoms with van der Waals surface area (Å²) in [6.07, 6.45) is 2.28. The lowest BCUT2D eigenvalue weighted by atomic mass is 10.2. The highest BCUT2D eigenvalue weighted by Gasteiger charge is 2.20. The monoisotopic (exact) mass is 398 g/mol. The molecule has 1 fully saturated rings. The first-order valence-corrected chi connectivity index (χ1v) is 9.21. The second-order valence-corrected chi connectivity index (χ2v) is 8.06. The summed E-state index contributed by atoms with van der Waals surface area (Å²) in [6, 6.07) is 6.04. The SMILES string of the molecule is CC(C)(C)OC(=O)NCCOc1cc(Br)cc(CNCC2CC2)c1. The summed E-state index contributed by atoms with van der Waals surface area (Å²) < 4.78 is 11.9. The van der Waals surface area contributed by atoms with Gasteiger partial charge < -0.3 is 20.1 Å². The zero-order valence-corrected chi connectivity index (χ0v) is 16.2. The molecule has 24 heavy (non-hydrogen) atoms. The maximum atomic E-state index is 11.6. The molecule has 6 heteroatoms. The first-order valence-electron chi connectivity index (χ1n) is 8.42. The highest BCUT2D eigenvalue weighted by molar-refractivity contribution is 9.10. The number of carbonyl (C=O) groups excluding carboxylic acids is 1. The number of benzene rings is 1. The Bertz CT molecular complexity index is 554. The van der Waals surface area contributed by atoms with Crippen LogP contribution in [0.4, 0.5) is 4.79 Å². The van der Waals surface area contributed by atoms with Gasteiger partial charge in [0.1, 0.15) is 18.0 Å². The average molecular weight is 399 g/mol.